The summed E-state index contributed by atoms with van der Waals surface area (Å²) < 4.78 is 0. The Morgan fingerprint density at radius 2 is 2.15 bits per heavy atom. The first-order valence-electron chi connectivity index (χ1n) is 6.04. The van der Waals surface area contributed by atoms with Crippen molar-refractivity contribution in [3.8, 4) is 0 Å². The van der Waals surface area contributed by atoms with Crippen molar-refractivity contribution in [2.24, 2.45) is 0 Å². The van der Waals surface area contributed by atoms with Crippen LogP contribution in [0.1, 0.15) is 28.2 Å². The molecule has 0 saturated heterocycles. The molecule has 0 amide bonds. The average Bonchev–Trinajstić information content (AvgIpc) is 2.99. The van der Waals surface area contributed by atoms with E-state index in [0.717, 1.165) is 0 Å². The van der Waals surface area contributed by atoms with Crippen molar-refractivity contribution in [2.45, 2.75) is 13.0 Å². The number of non-ortho nitro benzene ring substituents is 1. The quantitative estimate of drug-likeness (QED) is 0.479. The molecule has 0 spiro atoms. The molecule has 20 heavy (non-hydrogen) atoms. The highest BCUT2D eigenvalue weighted by atomic mass is 32.1. The highest BCUT2D eigenvalue weighted by Gasteiger charge is 2.18. The molecule has 104 valence electrons. The summed E-state index contributed by atoms with van der Waals surface area (Å²) in [7, 11) is 1.87. The number of rotatable bonds is 5. The molecule has 1 atom stereocenters. The number of nitro benzene ring substituents is 1. The Bertz CT molecular complexity index is 625. The van der Waals surface area contributed by atoms with Crippen LogP contribution in [0.25, 0.3) is 0 Å². The van der Waals surface area contributed by atoms with Crippen molar-refractivity contribution >= 4 is 29.0 Å². The number of carbonyl (C=O) groups excluding carboxylic acids is 1. The van der Waals surface area contributed by atoms with Crippen LogP contribution in [-0.4, -0.2) is 18.3 Å². The molecule has 0 radical (unpaired) electrons. The molecule has 2 aromatic rings. The average molecular weight is 290 g/mol. The number of nitro groups is 1. The van der Waals surface area contributed by atoms with Gasteiger partial charge >= 0.3 is 0 Å². The van der Waals surface area contributed by atoms with Gasteiger partial charge in [0.1, 0.15) is 0 Å². The standard InChI is InChI=1S/C14H14N2O3S/c1-10(14-4-3-7-20-14)15(2)13-6-5-12(16(18)19)8-11(13)9-17/h3-10H,1-2H3. The van der Waals surface area contributed by atoms with E-state index in [0.29, 0.717) is 17.5 Å². The third-order valence-corrected chi connectivity index (χ3v) is 4.31. The zero-order valence-electron chi connectivity index (χ0n) is 11.1. The maximum atomic E-state index is 11.2. The number of anilines is 1. The van der Waals surface area contributed by atoms with Crippen molar-refractivity contribution in [2.75, 3.05) is 11.9 Å². The Kier molecular flexibility index (Phi) is 4.14. The zero-order valence-corrected chi connectivity index (χ0v) is 12.0. The molecule has 1 unspecified atom stereocenters. The highest BCUT2D eigenvalue weighted by Crippen LogP contribution is 2.31. The van der Waals surface area contributed by atoms with E-state index >= 15 is 0 Å². The molecule has 0 fully saturated rings. The summed E-state index contributed by atoms with van der Waals surface area (Å²) in [6.45, 7) is 2.03. The number of aldehydes is 1. The summed E-state index contributed by atoms with van der Waals surface area (Å²) in [5, 5.41) is 12.7. The fraction of sp³-hybridized carbons (Fsp3) is 0.214. The van der Waals surface area contributed by atoms with Crippen LogP contribution < -0.4 is 4.90 Å². The monoisotopic (exact) mass is 290 g/mol. The Labute approximate surface area is 120 Å². The SMILES string of the molecule is CC(c1cccs1)N(C)c1ccc([N+](=O)[O-])cc1C=O. The van der Waals surface area contributed by atoms with E-state index in [-0.39, 0.29) is 11.7 Å². The van der Waals surface area contributed by atoms with Crippen LogP contribution in [0.3, 0.4) is 0 Å². The van der Waals surface area contributed by atoms with Gasteiger partial charge in [-0.1, -0.05) is 6.07 Å². The van der Waals surface area contributed by atoms with E-state index in [4.69, 9.17) is 0 Å². The number of carbonyl (C=O) groups is 1. The first-order chi connectivity index (χ1) is 9.54. The number of thiophene rings is 1. The van der Waals surface area contributed by atoms with Gasteiger partial charge in [0.15, 0.2) is 6.29 Å². The summed E-state index contributed by atoms with van der Waals surface area (Å²) in [5.41, 5.74) is 0.935. The molecule has 6 heteroatoms. The Hall–Kier alpha value is -2.21. The molecule has 1 aromatic heterocycles. The van der Waals surface area contributed by atoms with Gasteiger partial charge in [0, 0.05) is 35.3 Å². The normalized spacial score (nSPS) is 11.9. The van der Waals surface area contributed by atoms with Gasteiger partial charge < -0.3 is 4.90 Å². The maximum Gasteiger partial charge on any atom is 0.270 e. The van der Waals surface area contributed by atoms with E-state index in [1.54, 1.807) is 17.4 Å². The summed E-state index contributed by atoms with van der Waals surface area (Å²) >= 11 is 1.64. The molecule has 5 nitrogen and oxygen atoms in total. The molecule has 0 aliphatic heterocycles. The summed E-state index contributed by atoms with van der Waals surface area (Å²) in [6.07, 6.45) is 0.653. The second kappa shape index (κ2) is 5.83. The lowest BCUT2D eigenvalue weighted by molar-refractivity contribution is -0.384. The molecule has 1 heterocycles. The zero-order chi connectivity index (χ0) is 14.7. The van der Waals surface area contributed by atoms with E-state index in [2.05, 4.69) is 0 Å². The minimum Gasteiger partial charge on any atom is -0.366 e. The largest absolute Gasteiger partial charge is 0.366 e. The lowest BCUT2D eigenvalue weighted by atomic mass is 10.1. The lowest BCUT2D eigenvalue weighted by Gasteiger charge is -2.27. The molecule has 0 aliphatic rings. The van der Waals surface area contributed by atoms with Crippen LogP contribution in [0.4, 0.5) is 11.4 Å². The van der Waals surface area contributed by atoms with Crippen LogP contribution in [-0.2, 0) is 0 Å². The molecule has 0 N–H and O–H groups in total. The number of nitrogens with zero attached hydrogens (tertiary/aromatic N) is 2. The van der Waals surface area contributed by atoms with Crippen LogP contribution in [0.2, 0.25) is 0 Å². The fourth-order valence-corrected chi connectivity index (χ4v) is 2.83. The van der Waals surface area contributed by atoms with Crippen molar-refractivity contribution in [1.82, 2.24) is 0 Å². The minimum absolute atomic E-state index is 0.0759. The van der Waals surface area contributed by atoms with Crippen molar-refractivity contribution in [3.63, 3.8) is 0 Å². The summed E-state index contributed by atoms with van der Waals surface area (Å²) in [4.78, 5) is 24.5. The summed E-state index contributed by atoms with van der Waals surface area (Å²) in [6, 6.07) is 8.43. The molecule has 0 saturated carbocycles. The Morgan fingerprint density at radius 1 is 1.40 bits per heavy atom. The van der Waals surface area contributed by atoms with E-state index in [1.165, 1.54) is 17.0 Å². The molecule has 1 aromatic carbocycles. The van der Waals surface area contributed by atoms with Crippen LogP contribution in [0.5, 0.6) is 0 Å². The molecule has 0 aliphatic carbocycles. The van der Waals surface area contributed by atoms with Crippen molar-refractivity contribution < 1.29 is 9.72 Å². The number of hydrogen-bond donors (Lipinski definition) is 0. The van der Waals surface area contributed by atoms with Gasteiger partial charge in [-0.15, -0.1) is 11.3 Å². The molecule has 0 bridgehead atoms. The third kappa shape index (κ3) is 2.70. The number of hydrogen-bond acceptors (Lipinski definition) is 5. The molecular formula is C14H14N2O3S. The minimum atomic E-state index is -0.501. The molecule has 2 rings (SSSR count). The summed E-state index contributed by atoms with van der Waals surface area (Å²) in [5.74, 6) is 0. The van der Waals surface area contributed by atoms with Gasteiger partial charge in [-0.3, -0.25) is 14.9 Å². The first-order valence-corrected chi connectivity index (χ1v) is 6.92. The van der Waals surface area contributed by atoms with Gasteiger partial charge in [-0.2, -0.15) is 0 Å². The second-order valence-electron chi connectivity index (χ2n) is 4.42. The lowest BCUT2D eigenvalue weighted by Crippen LogP contribution is -2.22. The van der Waals surface area contributed by atoms with Crippen LogP contribution in [0, 0.1) is 10.1 Å². The van der Waals surface area contributed by atoms with Gasteiger partial charge in [-0.05, 0) is 24.4 Å². The van der Waals surface area contributed by atoms with Gasteiger partial charge in [-0.25, -0.2) is 0 Å². The highest BCUT2D eigenvalue weighted by molar-refractivity contribution is 7.10. The topological polar surface area (TPSA) is 63.4 Å². The maximum absolute atomic E-state index is 11.2. The van der Waals surface area contributed by atoms with Crippen LogP contribution in [0.15, 0.2) is 35.7 Å². The third-order valence-electron chi connectivity index (χ3n) is 3.26. The van der Waals surface area contributed by atoms with Gasteiger partial charge in [0.05, 0.1) is 11.0 Å². The van der Waals surface area contributed by atoms with Crippen molar-refractivity contribution in [1.29, 1.82) is 0 Å². The van der Waals surface area contributed by atoms with E-state index in [9.17, 15) is 14.9 Å². The predicted octanol–water partition coefficient (Wildman–Crippen LogP) is 3.67. The van der Waals surface area contributed by atoms with Gasteiger partial charge in [0.2, 0.25) is 0 Å². The Balaban J connectivity index is 2.36. The molecular weight excluding hydrogens is 276 g/mol. The van der Waals surface area contributed by atoms with E-state index < -0.39 is 4.92 Å². The van der Waals surface area contributed by atoms with E-state index in [1.807, 2.05) is 36.4 Å². The van der Waals surface area contributed by atoms with Gasteiger partial charge in [0.25, 0.3) is 5.69 Å². The number of benzene rings is 1. The Morgan fingerprint density at radius 3 is 2.70 bits per heavy atom. The van der Waals surface area contributed by atoms with Crippen molar-refractivity contribution in [3.05, 3.63) is 56.3 Å². The van der Waals surface area contributed by atoms with Crippen LogP contribution >= 0.6 is 11.3 Å². The first kappa shape index (κ1) is 14.2. The smallest absolute Gasteiger partial charge is 0.270 e. The fourth-order valence-electron chi connectivity index (χ4n) is 2.00. The second-order valence-corrected chi connectivity index (χ2v) is 5.40. The predicted molar refractivity (Wildman–Crippen MR) is 79.6 cm³/mol.